The third kappa shape index (κ3) is 4.24. The van der Waals surface area contributed by atoms with Gasteiger partial charge in [0.1, 0.15) is 5.41 Å². The molecule has 4 nitrogen and oxygen atoms in total. The van der Waals surface area contributed by atoms with Gasteiger partial charge in [-0.2, -0.15) is 0 Å². The lowest BCUT2D eigenvalue weighted by Gasteiger charge is -2.17. The number of hydrogen-bond donors (Lipinski definition) is 2. The van der Waals surface area contributed by atoms with Crippen molar-refractivity contribution in [2.45, 2.75) is 51.9 Å². The first-order valence-corrected chi connectivity index (χ1v) is 9.43. The molecule has 0 spiro atoms. The highest BCUT2D eigenvalue weighted by molar-refractivity contribution is 6.31. The second-order valence-corrected chi connectivity index (χ2v) is 7.55. The molecule has 25 heavy (non-hydrogen) atoms. The lowest BCUT2D eigenvalue weighted by atomic mass is 9.97. The van der Waals surface area contributed by atoms with Gasteiger partial charge in [-0.15, -0.1) is 0 Å². The van der Waals surface area contributed by atoms with Gasteiger partial charge in [0.25, 0.3) is 0 Å². The van der Waals surface area contributed by atoms with E-state index in [0.717, 1.165) is 24.8 Å². The van der Waals surface area contributed by atoms with E-state index in [1.54, 1.807) is 12.1 Å². The summed E-state index contributed by atoms with van der Waals surface area (Å²) in [7, 11) is 0. The Balaban J connectivity index is 1.55. The lowest BCUT2D eigenvalue weighted by Crippen LogP contribution is -2.40. The van der Waals surface area contributed by atoms with Crippen LogP contribution in [0.5, 0.6) is 0 Å². The molecular formula is C20H25ClN2O2. The van der Waals surface area contributed by atoms with Crippen molar-refractivity contribution in [2.24, 2.45) is 5.41 Å². The smallest absolute Gasteiger partial charge is 0.240 e. The summed E-state index contributed by atoms with van der Waals surface area (Å²) < 4.78 is 0. The van der Waals surface area contributed by atoms with Crippen molar-refractivity contribution in [2.75, 3.05) is 11.9 Å². The molecule has 0 saturated heterocycles. The Morgan fingerprint density at radius 1 is 1.20 bits per heavy atom. The fourth-order valence-corrected chi connectivity index (χ4v) is 3.46. The minimum absolute atomic E-state index is 0.152. The van der Waals surface area contributed by atoms with Crippen molar-refractivity contribution in [3.63, 3.8) is 0 Å². The fraction of sp³-hybridized carbons (Fsp3) is 0.500. The molecule has 0 heterocycles. The molecule has 2 aliphatic carbocycles. The number of benzene rings is 1. The number of allylic oxidation sites excluding steroid dienone is 1. The van der Waals surface area contributed by atoms with Gasteiger partial charge in [-0.3, -0.25) is 9.59 Å². The van der Waals surface area contributed by atoms with Crippen LogP contribution < -0.4 is 10.6 Å². The fourth-order valence-electron chi connectivity index (χ4n) is 3.29. The van der Waals surface area contributed by atoms with Gasteiger partial charge in [0.15, 0.2) is 0 Å². The summed E-state index contributed by atoms with van der Waals surface area (Å²) in [5.41, 5.74) is 2.12. The van der Waals surface area contributed by atoms with Crippen LogP contribution in [0.1, 0.15) is 50.5 Å². The Hall–Kier alpha value is -1.81. The largest absolute Gasteiger partial charge is 0.355 e. The van der Waals surface area contributed by atoms with E-state index in [-0.39, 0.29) is 11.8 Å². The molecule has 2 N–H and O–H groups in total. The molecule has 0 aliphatic heterocycles. The lowest BCUT2D eigenvalue weighted by molar-refractivity contribution is -0.134. The molecule has 1 aromatic rings. The van der Waals surface area contributed by atoms with E-state index >= 15 is 0 Å². The number of hydrogen-bond acceptors (Lipinski definition) is 2. The van der Waals surface area contributed by atoms with Gasteiger partial charge in [-0.05, 0) is 69.6 Å². The number of nitrogens with one attached hydrogen (secondary N) is 2. The molecule has 0 aromatic heterocycles. The Kier molecular flexibility index (Phi) is 5.48. The molecule has 3 rings (SSSR count). The molecule has 134 valence electrons. The van der Waals surface area contributed by atoms with Crippen LogP contribution in [0.25, 0.3) is 0 Å². The van der Waals surface area contributed by atoms with Crippen molar-refractivity contribution < 1.29 is 9.59 Å². The van der Waals surface area contributed by atoms with Crippen molar-refractivity contribution in [3.05, 3.63) is 40.4 Å². The maximum atomic E-state index is 12.6. The predicted molar refractivity (Wildman–Crippen MR) is 101 cm³/mol. The van der Waals surface area contributed by atoms with Crippen molar-refractivity contribution in [1.29, 1.82) is 0 Å². The highest BCUT2D eigenvalue weighted by Gasteiger charge is 2.56. The molecule has 0 atom stereocenters. The van der Waals surface area contributed by atoms with Crippen LogP contribution in [0.2, 0.25) is 5.02 Å². The van der Waals surface area contributed by atoms with Gasteiger partial charge in [-0.1, -0.05) is 29.3 Å². The number of aryl methyl sites for hydroxylation is 1. The summed E-state index contributed by atoms with van der Waals surface area (Å²) in [5.74, 6) is -0.381. The maximum Gasteiger partial charge on any atom is 0.240 e. The molecule has 0 radical (unpaired) electrons. The van der Waals surface area contributed by atoms with Gasteiger partial charge < -0.3 is 10.6 Å². The van der Waals surface area contributed by atoms with Crippen LogP contribution in [0.3, 0.4) is 0 Å². The number of amides is 2. The molecule has 0 unspecified atom stereocenters. The Bertz CT molecular complexity index is 708. The third-order valence-corrected chi connectivity index (χ3v) is 5.42. The standard InChI is InChI=1S/C20H25ClN2O2/c1-14-7-8-16(21)13-17(14)23-19(25)20(10-11-20)18(24)22-12-9-15-5-3-2-4-6-15/h5,7-8,13H,2-4,6,9-12H2,1H3,(H,22,24)(H,23,25). The average molecular weight is 361 g/mol. The van der Waals surface area contributed by atoms with Gasteiger partial charge >= 0.3 is 0 Å². The van der Waals surface area contributed by atoms with E-state index in [2.05, 4.69) is 16.7 Å². The third-order valence-electron chi connectivity index (χ3n) is 5.18. The molecule has 1 aromatic carbocycles. The molecule has 1 saturated carbocycles. The van der Waals surface area contributed by atoms with Gasteiger partial charge in [0.05, 0.1) is 0 Å². The molecule has 0 bridgehead atoms. The zero-order valence-electron chi connectivity index (χ0n) is 14.7. The van der Waals surface area contributed by atoms with Crippen LogP contribution in [0.4, 0.5) is 5.69 Å². The Morgan fingerprint density at radius 3 is 2.68 bits per heavy atom. The van der Waals surface area contributed by atoms with Crippen LogP contribution in [-0.4, -0.2) is 18.4 Å². The number of rotatable bonds is 6. The summed E-state index contributed by atoms with van der Waals surface area (Å²) in [6.07, 6.45) is 9.17. The van der Waals surface area contributed by atoms with Crippen LogP contribution in [0.15, 0.2) is 29.8 Å². The normalized spacial score (nSPS) is 18.2. The van der Waals surface area contributed by atoms with E-state index < -0.39 is 5.41 Å². The van der Waals surface area contributed by atoms with Crippen LogP contribution >= 0.6 is 11.6 Å². The maximum absolute atomic E-state index is 12.6. The molecular weight excluding hydrogens is 336 g/mol. The first kappa shape index (κ1) is 18.0. The summed E-state index contributed by atoms with van der Waals surface area (Å²) in [5, 5.41) is 6.40. The summed E-state index contributed by atoms with van der Waals surface area (Å²) in [4.78, 5) is 25.2. The minimum Gasteiger partial charge on any atom is -0.355 e. The predicted octanol–water partition coefficient (Wildman–Crippen LogP) is 4.37. The van der Waals surface area contributed by atoms with Crippen molar-refractivity contribution in [1.82, 2.24) is 5.32 Å². The van der Waals surface area contributed by atoms with Crippen molar-refractivity contribution >= 4 is 29.1 Å². The minimum atomic E-state index is -0.907. The first-order chi connectivity index (χ1) is 12.0. The first-order valence-electron chi connectivity index (χ1n) is 9.05. The van der Waals surface area contributed by atoms with E-state index in [0.29, 0.717) is 30.1 Å². The average Bonchev–Trinajstić information content (AvgIpc) is 3.41. The highest BCUT2D eigenvalue weighted by Crippen LogP contribution is 2.47. The molecule has 5 heteroatoms. The van der Waals surface area contributed by atoms with Crippen LogP contribution in [0, 0.1) is 12.3 Å². The quantitative estimate of drug-likeness (QED) is 0.584. The Labute approximate surface area is 154 Å². The zero-order valence-corrected chi connectivity index (χ0v) is 15.4. The van der Waals surface area contributed by atoms with Gasteiger partial charge in [0, 0.05) is 17.3 Å². The number of carbonyl (C=O) groups is 2. The van der Waals surface area contributed by atoms with Gasteiger partial charge in [0.2, 0.25) is 11.8 Å². The van der Waals surface area contributed by atoms with E-state index in [9.17, 15) is 9.59 Å². The topological polar surface area (TPSA) is 58.2 Å². The van der Waals surface area contributed by atoms with E-state index in [1.807, 2.05) is 13.0 Å². The van der Waals surface area contributed by atoms with E-state index in [4.69, 9.17) is 11.6 Å². The number of halogens is 1. The van der Waals surface area contributed by atoms with E-state index in [1.165, 1.54) is 18.4 Å². The molecule has 2 aliphatic rings. The second-order valence-electron chi connectivity index (χ2n) is 7.11. The molecule has 2 amide bonds. The molecule has 1 fully saturated rings. The number of anilines is 1. The number of carbonyl (C=O) groups excluding carboxylic acids is 2. The summed E-state index contributed by atoms with van der Waals surface area (Å²) in [6, 6.07) is 5.36. The monoisotopic (exact) mass is 360 g/mol. The highest BCUT2D eigenvalue weighted by atomic mass is 35.5. The summed E-state index contributed by atoms with van der Waals surface area (Å²) in [6.45, 7) is 2.51. The van der Waals surface area contributed by atoms with Crippen molar-refractivity contribution in [3.8, 4) is 0 Å². The second kappa shape index (κ2) is 7.61. The summed E-state index contributed by atoms with van der Waals surface area (Å²) >= 11 is 6.00. The SMILES string of the molecule is Cc1ccc(Cl)cc1NC(=O)C1(C(=O)NCCC2=CCCCC2)CC1. The van der Waals surface area contributed by atoms with Crippen LogP contribution in [-0.2, 0) is 9.59 Å². The zero-order chi connectivity index (χ0) is 17.9. The Morgan fingerprint density at radius 2 is 2.00 bits per heavy atom. The van der Waals surface area contributed by atoms with Gasteiger partial charge in [-0.25, -0.2) is 0 Å².